The summed E-state index contributed by atoms with van der Waals surface area (Å²) in [7, 11) is 3.98. The van der Waals surface area contributed by atoms with Crippen LogP contribution in [-0.4, -0.2) is 59.4 Å². The van der Waals surface area contributed by atoms with Crippen molar-refractivity contribution < 1.29 is 4.74 Å². The monoisotopic (exact) mass is 486 g/mol. The summed E-state index contributed by atoms with van der Waals surface area (Å²) in [4.78, 5) is 16.9. The van der Waals surface area contributed by atoms with Gasteiger partial charge in [0.15, 0.2) is 0 Å². The number of rotatable bonds is 8. The molecular formula is C29H38N6O. The molecule has 0 saturated heterocycles. The van der Waals surface area contributed by atoms with Crippen molar-refractivity contribution in [3.05, 3.63) is 71.3 Å². The van der Waals surface area contributed by atoms with Crippen molar-refractivity contribution in [1.29, 1.82) is 0 Å². The van der Waals surface area contributed by atoms with Crippen LogP contribution >= 0.6 is 0 Å². The Morgan fingerprint density at radius 1 is 1.22 bits per heavy atom. The van der Waals surface area contributed by atoms with Crippen LogP contribution in [0, 0.1) is 6.92 Å². The summed E-state index contributed by atoms with van der Waals surface area (Å²) in [6.45, 7) is 13.4. The molecule has 0 bridgehead atoms. The maximum atomic E-state index is 6.19. The molecule has 0 saturated carbocycles. The topological polar surface area (TPSA) is 82.8 Å². The number of likely N-dealkylation sites (N-methyl/N-ethyl adjacent to an activating group) is 1. The molecule has 3 N–H and O–H groups in total. The largest absolute Gasteiger partial charge is 0.491 e. The van der Waals surface area contributed by atoms with Crippen molar-refractivity contribution >= 4 is 16.9 Å². The van der Waals surface area contributed by atoms with Crippen LogP contribution in [0.4, 0.5) is 0 Å². The third kappa shape index (κ3) is 5.79. The number of nitrogens with one attached hydrogen (secondary N) is 1. The van der Waals surface area contributed by atoms with Crippen molar-refractivity contribution in [3.8, 4) is 16.9 Å². The Balaban J connectivity index is 1.62. The Morgan fingerprint density at radius 2 is 1.97 bits per heavy atom. The van der Waals surface area contributed by atoms with Crippen LogP contribution in [0.15, 0.2) is 64.9 Å². The standard InChI is InChI=1S/C29H38N6O/c1-7-8-25(19(2)31-29(30)18-34(5)6)20(3)35-13-14-36-28-12-10-22(15-24(28)17-35)23-9-11-26-27(16-23)33-21(4)32-26/h9-12,15-16H,3,7-8,13-14,17-18H2,1-2,4-6H3,(H2,30,31)(H,32,33)/b25-19-. The molecule has 7 heteroatoms. The summed E-state index contributed by atoms with van der Waals surface area (Å²) in [5.41, 5.74) is 14.7. The summed E-state index contributed by atoms with van der Waals surface area (Å²) in [6.07, 6.45) is 1.91. The van der Waals surface area contributed by atoms with Crippen molar-refractivity contribution in [2.45, 2.75) is 40.2 Å². The summed E-state index contributed by atoms with van der Waals surface area (Å²) >= 11 is 0. The lowest BCUT2D eigenvalue weighted by Crippen LogP contribution is -2.28. The first-order chi connectivity index (χ1) is 17.2. The number of allylic oxidation sites excluding steroid dienone is 2. The molecule has 0 aliphatic carbocycles. The van der Waals surface area contributed by atoms with E-state index in [1.807, 2.05) is 32.8 Å². The maximum absolute atomic E-state index is 6.19. The first-order valence-electron chi connectivity index (χ1n) is 12.6. The van der Waals surface area contributed by atoms with Crippen molar-refractivity contribution in [2.75, 3.05) is 33.8 Å². The molecule has 0 radical (unpaired) electrons. The van der Waals surface area contributed by atoms with Gasteiger partial charge in [-0.25, -0.2) is 9.98 Å². The SMILES string of the molecule is C=C(/C(CCC)=C(/C)N=C(N)CN(C)C)N1CCOc2ccc(-c3ccc4nc(C)[nH]c4c3)cc2C1. The average Bonchev–Trinajstić information content (AvgIpc) is 3.06. The summed E-state index contributed by atoms with van der Waals surface area (Å²) in [6, 6.07) is 12.8. The first-order valence-corrected chi connectivity index (χ1v) is 12.6. The highest BCUT2D eigenvalue weighted by molar-refractivity contribution is 5.83. The van der Waals surface area contributed by atoms with E-state index < -0.39 is 0 Å². The second-order valence-corrected chi connectivity index (χ2v) is 9.75. The van der Waals surface area contributed by atoms with E-state index in [4.69, 9.17) is 15.5 Å². The number of benzene rings is 2. The molecule has 0 atom stereocenters. The molecule has 7 nitrogen and oxygen atoms in total. The van der Waals surface area contributed by atoms with Crippen LogP contribution in [0.25, 0.3) is 22.2 Å². The number of hydrogen-bond acceptors (Lipinski definition) is 5. The van der Waals surface area contributed by atoms with E-state index in [1.165, 1.54) is 0 Å². The van der Waals surface area contributed by atoms with Gasteiger partial charge in [0.1, 0.15) is 24.0 Å². The minimum atomic E-state index is 0.606. The minimum absolute atomic E-state index is 0.606. The lowest BCUT2D eigenvalue weighted by molar-refractivity contribution is 0.266. The normalized spacial score (nSPS) is 14.9. The van der Waals surface area contributed by atoms with E-state index in [-0.39, 0.29) is 0 Å². The van der Waals surface area contributed by atoms with Gasteiger partial charge in [-0.2, -0.15) is 0 Å². The van der Waals surface area contributed by atoms with Crippen LogP contribution in [0.5, 0.6) is 5.75 Å². The highest BCUT2D eigenvalue weighted by atomic mass is 16.5. The fraction of sp³-hybridized carbons (Fsp3) is 0.379. The van der Waals surface area contributed by atoms with Crippen LogP contribution in [0.1, 0.15) is 38.1 Å². The molecule has 2 heterocycles. The van der Waals surface area contributed by atoms with Gasteiger partial charge in [-0.15, -0.1) is 0 Å². The number of fused-ring (bicyclic) bond motifs is 2. The van der Waals surface area contributed by atoms with Gasteiger partial charge in [0.05, 0.1) is 24.1 Å². The zero-order valence-electron chi connectivity index (χ0n) is 22.2. The van der Waals surface area contributed by atoms with Gasteiger partial charge in [-0.05, 0) is 75.3 Å². The van der Waals surface area contributed by atoms with Crippen molar-refractivity contribution in [3.63, 3.8) is 0 Å². The molecule has 36 heavy (non-hydrogen) atoms. The summed E-state index contributed by atoms with van der Waals surface area (Å²) < 4.78 is 6.13. The van der Waals surface area contributed by atoms with Crippen LogP contribution in [0.3, 0.4) is 0 Å². The lowest BCUT2D eigenvalue weighted by atomic mass is 10.0. The number of amidine groups is 1. The van der Waals surface area contributed by atoms with Gasteiger partial charge < -0.3 is 25.3 Å². The number of imidazole rings is 1. The Morgan fingerprint density at radius 3 is 2.72 bits per heavy atom. The third-order valence-corrected chi connectivity index (χ3v) is 6.43. The molecule has 3 aromatic rings. The van der Waals surface area contributed by atoms with Gasteiger partial charge in [0, 0.05) is 23.5 Å². The molecule has 190 valence electrons. The van der Waals surface area contributed by atoms with E-state index in [0.29, 0.717) is 19.0 Å². The second-order valence-electron chi connectivity index (χ2n) is 9.75. The lowest BCUT2D eigenvalue weighted by Gasteiger charge is -2.27. The highest BCUT2D eigenvalue weighted by Gasteiger charge is 2.20. The molecule has 1 aromatic heterocycles. The molecule has 0 fully saturated rings. The van der Waals surface area contributed by atoms with Gasteiger partial charge in [-0.3, -0.25) is 0 Å². The molecule has 1 aliphatic rings. The Bertz CT molecular complexity index is 1320. The van der Waals surface area contributed by atoms with Gasteiger partial charge >= 0.3 is 0 Å². The summed E-state index contributed by atoms with van der Waals surface area (Å²) in [5.74, 6) is 2.46. The van der Waals surface area contributed by atoms with Gasteiger partial charge in [0.2, 0.25) is 0 Å². The predicted molar refractivity (Wildman–Crippen MR) is 149 cm³/mol. The number of aryl methyl sites for hydroxylation is 1. The van der Waals surface area contributed by atoms with Crippen molar-refractivity contribution in [1.82, 2.24) is 19.8 Å². The van der Waals surface area contributed by atoms with Crippen LogP contribution < -0.4 is 10.5 Å². The Kier molecular flexibility index (Phi) is 7.79. The number of aromatic amines is 1. The number of hydrogen-bond donors (Lipinski definition) is 2. The molecule has 2 aromatic carbocycles. The number of aromatic nitrogens is 2. The number of nitrogens with zero attached hydrogens (tertiary/aromatic N) is 4. The predicted octanol–water partition coefficient (Wildman–Crippen LogP) is 5.24. The molecule has 1 aliphatic heterocycles. The van der Waals surface area contributed by atoms with Crippen LogP contribution in [-0.2, 0) is 6.54 Å². The number of nitrogens with two attached hydrogens (primary N) is 1. The molecule has 4 rings (SSSR count). The molecule has 0 unspecified atom stereocenters. The molecule has 0 spiro atoms. The Labute approximate surface area is 214 Å². The van der Waals surface area contributed by atoms with E-state index >= 15 is 0 Å². The zero-order chi connectivity index (χ0) is 25.8. The second kappa shape index (κ2) is 11.0. The molecular weight excluding hydrogens is 448 g/mol. The first kappa shape index (κ1) is 25.5. The maximum Gasteiger partial charge on any atom is 0.124 e. The Hall–Kier alpha value is -3.58. The van der Waals surface area contributed by atoms with Crippen molar-refractivity contribution in [2.24, 2.45) is 10.7 Å². The van der Waals surface area contributed by atoms with Gasteiger partial charge in [-0.1, -0.05) is 32.1 Å². The number of aliphatic imine (C=N–C) groups is 1. The van der Waals surface area contributed by atoms with E-state index in [9.17, 15) is 0 Å². The third-order valence-electron chi connectivity index (χ3n) is 6.43. The van der Waals surface area contributed by atoms with E-state index in [1.54, 1.807) is 0 Å². The molecule has 0 amide bonds. The quantitative estimate of drug-likeness (QED) is 0.258. The van der Waals surface area contributed by atoms with Gasteiger partial charge in [0.25, 0.3) is 0 Å². The number of ether oxygens (including phenoxy) is 1. The van der Waals surface area contributed by atoms with Crippen LogP contribution in [0.2, 0.25) is 0 Å². The highest BCUT2D eigenvalue weighted by Crippen LogP contribution is 2.33. The van der Waals surface area contributed by atoms with E-state index in [0.717, 1.165) is 82.2 Å². The minimum Gasteiger partial charge on any atom is -0.491 e. The summed E-state index contributed by atoms with van der Waals surface area (Å²) in [5, 5.41) is 0. The fourth-order valence-electron chi connectivity index (χ4n) is 4.74. The average molecular weight is 487 g/mol. The smallest absolute Gasteiger partial charge is 0.124 e. The van der Waals surface area contributed by atoms with E-state index in [2.05, 4.69) is 64.8 Å². The zero-order valence-corrected chi connectivity index (χ0v) is 22.2. The number of H-pyrrole nitrogens is 1. The fourth-order valence-corrected chi connectivity index (χ4v) is 4.74.